The molecule has 1 nitrogen and oxygen atoms in total. The molecule has 0 heterocycles. The zero-order valence-corrected chi connectivity index (χ0v) is 9.86. The first-order chi connectivity index (χ1) is 5.45. The molecule has 0 atom stereocenters. The van der Waals surface area contributed by atoms with Crippen molar-refractivity contribution in [3.8, 4) is 0 Å². The summed E-state index contributed by atoms with van der Waals surface area (Å²) in [5.74, 6) is 0. The molecule has 0 bridgehead atoms. The molecule has 0 aromatic heterocycles. The van der Waals surface area contributed by atoms with Crippen LogP contribution < -0.4 is 0 Å². The average Bonchev–Trinajstić information content (AvgIpc) is 1.84. The normalized spacial score (nSPS) is 11.8. The molecule has 12 heavy (non-hydrogen) atoms. The van der Waals surface area contributed by atoms with E-state index in [1.807, 2.05) is 0 Å². The molecule has 0 radical (unpaired) electrons. The average molecular weight is 210 g/mol. The van der Waals surface area contributed by atoms with Crippen LogP contribution in [0.25, 0.3) is 0 Å². The maximum absolute atomic E-state index is 5.67. The van der Waals surface area contributed by atoms with Crippen LogP contribution in [0.4, 0.5) is 0 Å². The highest BCUT2D eigenvalue weighted by Gasteiger charge is 2.15. The van der Waals surface area contributed by atoms with Gasteiger partial charge in [0.05, 0.1) is 0 Å². The van der Waals surface area contributed by atoms with Crippen molar-refractivity contribution in [1.29, 1.82) is 0 Å². The Kier molecular flexibility index (Phi) is 6.43. The van der Waals surface area contributed by atoms with Crippen molar-refractivity contribution in [2.24, 2.45) is 0 Å². The molecule has 0 unspecified atom stereocenters. The van der Waals surface area contributed by atoms with Crippen molar-refractivity contribution >= 4 is 28.5 Å². The number of hydrogen-bond acceptors (Lipinski definition) is 1. The fraction of sp³-hybridized carbons (Fsp3) is 1.00. The number of nitrogens with zero attached hydrogens (tertiary/aromatic N) is 1. The number of halogens is 2. The van der Waals surface area contributed by atoms with Crippen LogP contribution in [-0.2, 0) is 0 Å². The fourth-order valence-electron chi connectivity index (χ4n) is 1.36. The van der Waals surface area contributed by atoms with Crippen LogP contribution in [-0.4, -0.2) is 29.1 Å². The van der Waals surface area contributed by atoms with Gasteiger partial charge in [0.25, 0.3) is 0 Å². The second-order valence-corrected chi connectivity index (χ2v) is 4.88. The van der Waals surface area contributed by atoms with Gasteiger partial charge in [0.1, 0.15) is 0 Å². The lowest BCUT2D eigenvalue weighted by atomic mass is 10.00. The van der Waals surface area contributed by atoms with E-state index in [0.717, 1.165) is 12.9 Å². The Morgan fingerprint density at radius 1 is 1.08 bits per heavy atom. The summed E-state index contributed by atoms with van der Waals surface area (Å²) in [6, 6.07) is 1.13. The third-order valence-corrected chi connectivity index (χ3v) is 2.37. The largest absolute Gasteiger partial charge is 0.352 e. The summed E-state index contributed by atoms with van der Waals surface area (Å²) in [7, 11) is 0. The van der Waals surface area contributed by atoms with E-state index in [9.17, 15) is 0 Å². The minimum atomic E-state index is -0.231. The highest BCUT2D eigenvalue weighted by molar-refractivity contribution is 7.33. The molecule has 0 saturated heterocycles. The third-order valence-electron chi connectivity index (χ3n) is 1.93. The van der Waals surface area contributed by atoms with Crippen LogP contribution in [0, 0.1) is 0 Å². The highest BCUT2D eigenvalue weighted by Crippen LogP contribution is 2.10. The van der Waals surface area contributed by atoms with Crippen molar-refractivity contribution in [1.82, 2.24) is 4.90 Å². The Morgan fingerprint density at radius 3 is 1.75 bits per heavy atom. The van der Waals surface area contributed by atoms with Gasteiger partial charge in [-0.05, 0) is 40.6 Å². The fourth-order valence-corrected chi connectivity index (χ4v) is 1.55. The van der Waals surface area contributed by atoms with Crippen molar-refractivity contribution in [3.63, 3.8) is 0 Å². The van der Waals surface area contributed by atoms with Gasteiger partial charge in [-0.15, -0.1) is 0 Å². The molecule has 0 N–H and O–H groups in total. The number of rotatable bonds is 5. The van der Waals surface area contributed by atoms with E-state index in [0.29, 0.717) is 12.1 Å². The van der Waals surface area contributed by atoms with Gasteiger partial charge in [0.2, 0.25) is 0 Å². The quantitative estimate of drug-likeness (QED) is 0.630. The molecule has 4 heteroatoms. The standard InChI is InChI=1S/C8H18BCl2N/c1-7(2)12(8(3)4)6-5-9(10)11/h7-8H,5-6H2,1-4H3. The molecule has 0 aliphatic heterocycles. The Morgan fingerprint density at radius 2 is 1.50 bits per heavy atom. The Balaban J connectivity index is 3.80. The molecule has 0 spiro atoms. The van der Waals surface area contributed by atoms with Gasteiger partial charge < -0.3 is 0 Å². The van der Waals surface area contributed by atoms with Gasteiger partial charge in [0, 0.05) is 12.1 Å². The first-order valence-electron chi connectivity index (χ1n) is 4.49. The lowest BCUT2D eigenvalue weighted by Gasteiger charge is -2.30. The molecular weight excluding hydrogens is 192 g/mol. The molecule has 0 aromatic carbocycles. The maximum Gasteiger partial charge on any atom is 0.352 e. The maximum atomic E-state index is 5.67. The van der Waals surface area contributed by atoms with Gasteiger partial charge in [0.15, 0.2) is 0 Å². The van der Waals surface area contributed by atoms with Crippen molar-refractivity contribution < 1.29 is 0 Å². The van der Waals surface area contributed by atoms with Gasteiger partial charge in [-0.2, -0.15) is 22.9 Å². The zero-order chi connectivity index (χ0) is 9.72. The van der Waals surface area contributed by atoms with Crippen molar-refractivity contribution in [2.45, 2.75) is 46.1 Å². The van der Waals surface area contributed by atoms with Crippen LogP contribution in [0.5, 0.6) is 0 Å². The van der Waals surface area contributed by atoms with E-state index < -0.39 is 0 Å². The van der Waals surface area contributed by atoms with Crippen LogP contribution in [0.15, 0.2) is 0 Å². The molecule has 0 aromatic rings. The highest BCUT2D eigenvalue weighted by atomic mass is 35.5. The van der Waals surface area contributed by atoms with Crippen LogP contribution in [0.3, 0.4) is 0 Å². The van der Waals surface area contributed by atoms with Gasteiger partial charge in [-0.1, -0.05) is 0 Å². The Hall–Kier alpha value is 0.605. The summed E-state index contributed by atoms with van der Waals surface area (Å²) in [5, 5.41) is 0. The minimum absolute atomic E-state index is 0.231. The van der Waals surface area contributed by atoms with Crippen LogP contribution >= 0.6 is 22.9 Å². The summed E-state index contributed by atoms with van der Waals surface area (Å²) in [6.07, 6.45) is 0.847. The molecule has 0 aliphatic carbocycles. The van der Waals surface area contributed by atoms with E-state index in [2.05, 4.69) is 32.6 Å². The van der Waals surface area contributed by atoms with Crippen molar-refractivity contribution in [3.05, 3.63) is 0 Å². The monoisotopic (exact) mass is 209 g/mol. The van der Waals surface area contributed by atoms with E-state index in [-0.39, 0.29) is 5.54 Å². The molecule has 0 amide bonds. The zero-order valence-electron chi connectivity index (χ0n) is 8.35. The summed E-state index contributed by atoms with van der Waals surface area (Å²) < 4.78 is 0. The predicted molar refractivity (Wildman–Crippen MR) is 59.2 cm³/mol. The van der Waals surface area contributed by atoms with E-state index >= 15 is 0 Å². The van der Waals surface area contributed by atoms with E-state index in [1.165, 1.54) is 0 Å². The molecule has 72 valence electrons. The second kappa shape index (κ2) is 6.12. The minimum Gasteiger partial charge on any atom is -0.299 e. The van der Waals surface area contributed by atoms with Crippen LogP contribution in [0.1, 0.15) is 27.7 Å². The summed E-state index contributed by atoms with van der Waals surface area (Å²) >= 11 is 11.3. The van der Waals surface area contributed by atoms with Gasteiger partial charge in [-0.3, -0.25) is 4.90 Å². The van der Waals surface area contributed by atoms with Crippen LogP contribution in [0.2, 0.25) is 6.32 Å². The first kappa shape index (κ1) is 12.6. The molecule has 0 aliphatic rings. The van der Waals surface area contributed by atoms with Gasteiger partial charge in [-0.25, -0.2) is 0 Å². The summed E-state index contributed by atoms with van der Waals surface area (Å²) in [4.78, 5) is 2.39. The van der Waals surface area contributed by atoms with Gasteiger partial charge >= 0.3 is 5.54 Å². The number of hydrogen-bond donors (Lipinski definition) is 0. The SMILES string of the molecule is CC(C)N(CCB(Cl)Cl)C(C)C. The molecular formula is C8H18BCl2N. The summed E-state index contributed by atoms with van der Waals surface area (Å²) in [5.41, 5.74) is -0.231. The first-order valence-corrected chi connectivity index (χ1v) is 5.36. The summed E-state index contributed by atoms with van der Waals surface area (Å²) in [6.45, 7) is 9.75. The molecule has 0 fully saturated rings. The molecule has 0 saturated carbocycles. The smallest absolute Gasteiger partial charge is 0.299 e. The second-order valence-electron chi connectivity index (χ2n) is 3.61. The Bertz CT molecular complexity index is 110. The third kappa shape index (κ3) is 5.29. The Labute approximate surface area is 86.3 Å². The predicted octanol–water partition coefficient (Wildman–Crippen LogP) is 3.07. The molecule has 0 rings (SSSR count). The van der Waals surface area contributed by atoms with Crippen molar-refractivity contribution in [2.75, 3.05) is 6.54 Å². The van der Waals surface area contributed by atoms with E-state index in [4.69, 9.17) is 22.9 Å². The lowest BCUT2D eigenvalue weighted by molar-refractivity contribution is 0.185. The lowest BCUT2D eigenvalue weighted by Crippen LogP contribution is -2.38. The topological polar surface area (TPSA) is 3.24 Å². The van der Waals surface area contributed by atoms with E-state index in [1.54, 1.807) is 0 Å².